The summed E-state index contributed by atoms with van der Waals surface area (Å²) in [6.45, 7) is 1.80. The van der Waals surface area contributed by atoms with Crippen molar-refractivity contribution in [2.24, 2.45) is 10.8 Å². The molecule has 2 aromatic carbocycles. The molecule has 0 atom stereocenters. The van der Waals surface area contributed by atoms with Crippen LogP contribution in [0.25, 0.3) is 5.57 Å². The Labute approximate surface area is 146 Å². The predicted molar refractivity (Wildman–Crippen MR) is 96.3 cm³/mol. The molecule has 0 spiro atoms. The van der Waals surface area contributed by atoms with Crippen LogP contribution in [0.4, 0.5) is 4.79 Å². The van der Waals surface area contributed by atoms with Crippen molar-refractivity contribution in [2.45, 2.75) is 6.92 Å². The lowest BCUT2D eigenvalue weighted by atomic mass is 10.1. The van der Waals surface area contributed by atoms with Gasteiger partial charge in [-0.1, -0.05) is 60.7 Å². The van der Waals surface area contributed by atoms with E-state index < -0.39 is 6.03 Å². The lowest BCUT2D eigenvalue weighted by Gasteiger charge is -2.11. The molecule has 0 saturated heterocycles. The quantitative estimate of drug-likeness (QED) is 0.367. The lowest BCUT2D eigenvalue weighted by Crippen LogP contribution is -2.27. The monoisotopic (exact) mass is 334 g/mol. The minimum absolute atomic E-state index is 0.0775. The highest BCUT2D eigenvalue weighted by Crippen LogP contribution is 2.18. The van der Waals surface area contributed by atoms with E-state index in [-0.39, 0.29) is 6.61 Å². The third-order valence-electron chi connectivity index (χ3n) is 3.36. The molecule has 0 aromatic heterocycles. The Morgan fingerprint density at radius 3 is 2.20 bits per heavy atom. The van der Waals surface area contributed by atoms with Crippen molar-refractivity contribution < 1.29 is 9.53 Å². The molecule has 0 heterocycles. The van der Waals surface area contributed by atoms with Gasteiger partial charge in [0, 0.05) is 5.56 Å². The Bertz CT molecular complexity index is 822. The molecular formula is C19H18N4O2. The molecule has 25 heavy (non-hydrogen) atoms. The molecule has 0 aliphatic rings. The van der Waals surface area contributed by atoms with Gasteiger partial charge in [0.25, 0.3) is 0 Å². The lowest BCUT2D eigenvalue weighted by molar-refractivity contribution is 0.248. The summed E-state index contributed by atoms with van der Waals surface area (Å²) in [7, 11) is 0. The molecule has 126 valence electrons. The number of urea groups is 1. The zero-order valence-corrected chi connectivity index (χ0v) is 13.8. The number of hydrogen-bond acceptors (Lipinski definition) is 4. The second kappa shape index (κ2) is 8.89. The number of nitriles is 1. The van der Waals surface area contributed by atoms with Crippen LogP contribution in [-0.4, -0.2) is 18.3 Å². The number of primary amides is 1. The van der Waals surface area contributed by atoms with E-state index in [1.165, 1.54) is 0 Å². The molecule has 0 unspecified atom stereocenters. The first-order valence-corrected chi connectivity index (χ1v) is 7.58. The van der Waals surface area contributed by atoms with Crippen molar-refractivity contribution in [3.63, 3.8) is 0 Å². The first-order chi connectivity index (χ1) is 12.1. The number of nitrogens with two attached hydrogens (primary N) is 1. The van der Waals surface area contributed by atoms with Gasteiger partial charge in [-0.15, -0.1) is 0 Å². The molecule has 2 aromatic rings. The minimum atomic E-state index is -0.761. The Hall–Kier alpha value is -3.59. The highest BCUT2D eigenvalue weighted by molar-refractivity contribution is 6.02. The number of carbonyl (C=O) groups excluding carboxylic acids is 1. The molecule has 0 saturated carbocycles. The minimum Gasteiger partial charge on any atom is -0.490 e. The maximum absolute atomic E-state index is 10.9. The number of allylic oxidation sites excluding steroid dienone is 2. The number of nitrogens with one attached hydrogen (secondary N) is 1. The van der Waals surface area contributed by atoms with Gasteiger partial charge in [0.15, 0.2) is 0 Å². The average Bonchev–Trinajstić information content (AvgIpc) is 2.64. The Morgan fingerprint density at radius 2 is 1.68 bits per heavy atom. The van der Waals surface area contributed by atoms with Crippen LogP contribution < -0.4 is 11.2 Å². The van der Waals surface area contributed by atoms with Crippen LogP contribution in [0.2, 0.25) is 0 Å². The van der Waals surface area contributed by atoms with Gasteiger partial charge < -0.3 is 10.5 Å². The molecule has 2 rings (SSSR count). The van der Waals surface area contributed by atoms with Crippen molar-refractivity contribution >= 4 is 17.3 Å². The Balaban J connectivity index is 2.22. The van der Waals surface area contributed by atoms with Crippen LogP contribution in [-0.2, 0) is 4.74 Å². The maximum Gasteiger partial charge on any atom is 0.332 e. The van der Waals surface area contributed by atoms with Gasteiger partial charge in [-0.3, -0.25) is 0 Å². The van der Waals surface area contributed by atoms with Crippen molar-refractivity contribution in [3.8, 4) is 6.07 Å². The second-order valence-electron chi connectivity index (χ2n) is 5.10. The second-order valence-corrected chi connectivity index (χ2v) is 5.10. The number of hydrogen-bond donors (Lipinski definition) is 2. The van der Waals surface area contributed by atoms with Gasteiger partial charge in [-0.05, 0) is 12.5 Å². The fourth-order valence-electron chi connectivity index (χ4n) is 2.13. The van der Waals surface area contributed by atoms with Crippen LogP contribution >= 0.6 is 0 Å². The van der Waals surface area contributed by atoms with E-state index >= 15 is 0 Å². The Morgan fingerprint density at radius 1 is 1.12 bits per heavy atom. The fourth-order valence-corrected chi connectivity index (χ4v) is 2.13. The Kier molecular flexibility index (Phi) is 6.32. The summed E-state index contributed by atoms with van der Waals surface area (Å²) in [6.07, 6.45) is 0. The zero-order valence-electron chi connectivity index (χ0n) is 13.8. The predicted octanol–water partition coefficient (Wildman–Crippen LogP) is 3.03. The molecule has 0 aliphatic heterocycles. The maximum atomic E-state index is 10.9. The normalized spacial score (nSPS) is 11.9. The smallest absolute Gasteiger partial charge is 0.332 e. The third kappa shape index (κ3) is 5.22. The van der Waals surface area contributed by atoms with E-state index in [2.05, 4.69) is 16.6 Å². The van der Waals surface area contributed by atoms with Crippen LogP contribution in [0, 0.1) is 11.3 Å². The number of hydrazone groups is 1. The summed E-state index contributed by atoms with van der Waals surface area (Å²) in [5.74, 6) is 0.469. The number of ether oxygens (including phenoxy) is 1. The topological polar surface area (TPSA) is 100 Å². The number of nitrogens with zero attached hydrogens (tertiary/aromatic N) is 2. The molecule has 2 amide bonds. The number of amides is 2. The third-order valence-corrected chi connectivity index (χ3v) is 3.36. The molecule has 0 fully saturated rings. The standard InChI is InChI=1S/C19H18N4O2/c1-14(17(12-20)15-8-4-2-5-9-15)25-13-18(22-23-19(21)24)16-10-6-3-7-11-16/h2-11H,13H2,1H3,(H3,21,23,24)/b17-14+,22-18-. The molecule has 0 radical (unpaired) electrons. The van der Waals surface area contributed by atoms with E-state index in [1.807, 2.05) is 60.7 Å². The van der Waals surface area contributed by atoms with Crippen molar-refractivity contribution in [2.75, 3.05) is 6.61 Å². The fraction of sp³-hybridized carbons (Fsp3) is 0.105. The van der Waals surface area contributed by atoms with Gasteiger partial charge in [-0.25, -0.2) is 10.2 Å². The SMILES string of the molecule is C/C(OC/C(=N/NC(N)=O)c1ccccc1)=C(/C#N)c1ccccc1. The average molecular weight is 334 g/mol. The molecular weight excluding hydrogens is 316 g/mol. The largest absolute Gasteiger partial charge is 0.490 e. The summed E-state index contributed by atoms with van der Waals surface area (Å²) in [5.41, 5.74) is 9.76. The van der Waals surface area contributed by atoms with Crippen LogP contribution in [0.1, 0.15) is 18.1 Å². The summed E-state index contributed by atoms with van der Waals surface area (Å²) < 4.78 is 5.73. The molecule has 6 heteroatoms. The zero-order chi connectivity index (χ0) is 18.1. The van der Waals surface area contributed by atoms with Crippen molar-refractivity contribution in [3.05, 3.63) is 77.5 Å². The van der Waals surface area contributed by atoms with Gasteiger partial charge in [-0.2, -0.15) is 10.4 Å². The van der Waals surface area contributed by atoms with E-state index in [1.54, 1.807) is 6.92 Å². The molecule has 6 nitrogen and oxygen atoms in total. The summed E-state index contributed by atoms with van der Waals surface area (Å²) in [5, 5.41) is 13.4. The molecule has 3 N–H and O–H groups in total. The van der Waals surface area contributed by atoms with Gasteiger partial charge in [0.2, 0.25) is 0 Å². The molecule has 0 bridgehead atoms. The highest BCUT2D eigenvalue weighted by atomic mass is 16.5. The number of benzene rings is 2. The van der Waals surface area contributed by atoms with Gasteiger partial charge in [0.1, 0.15) is 24.1 Å². The van der Waals surface area contributed by atoms with Crippen molar-refractivity contribution in [1.82, 2.24) is 5.43 Å². The van der Waals surface area contributed by atoms with Crippen molar-refractivity contribution in [1.29, 1.82) is 5.26 Å². The first-order valence-electron chi connectivity index (χ1n) is 7.58. The van der Waals surface area contributed by atoms with E-state index in [4.69, 9.17) is 10.5 Å². The van der Waals surface area contributed by atoms with E-state index in [0.717, 1.165) is 11.1 Å². The van der Waals surface area contributed by atoms with Gasteiger partial charge in [0.05, 0.1) is 5.57 Å². The van der Waals surface area contributed by atoms with Gasteiger partial charge >= 0.3 is 6.03 Å². The van der Waals surface area contributed by atoms with Crippen LogP contribution in [0.15, 0.2) is 71.5 Å². The summed E-state index contributed by atoms with van der Waals surface area (Å²) in [6, 6.07) is 19.9. The summed E-state index contributed by atoms with van der Waals surface area (Å²) >= 11 is 0. The van der Waals surface area contributed by atoms with Crippen LogP contribution in [0.3, 0.4) is 0 Å². The number of carbonyl (C=O) groups is 1. The first kappa shape index (κ1) is 17.8. The highest BCUT2D eigenvalue weighted by Gasteiger charge is 2.10. The molecule has 0 aliphatic carbocycles. The van der Waals surface area contributed by atoms with E-state index in [9.17, 15) is 10.1 Å². The summed E-state index contributed by atoms with van der Waals surface area (Å²) in [4.78, 5) is 10.9. The van der Waals surface area contributed by atoms with Crippen LogP contribution in [0.5, 0.6) is 0 Å². The van der Waals surface area contributed by atoms with E-state index in [0.29, 0.717) is 17.0 Å². The number of rotatable bonds is 6.